The molecule has 0 aliphatic heterocycles. The maximum Gasteiger partial charge on any atom is 0.272 e. The lowest BCUT2D eigenvalue weighted by Crippen LogP contribution is -2.26. The van der Waals surface area contributed by atoms with Gasteiger partial charge >= 0.3 is 0 Å². The van der Waals surface area contributed by atoms with Gasteiger partial charge in [-0.2, -0.15) is 10.4 Å². The Morgan fingerprint density at radius 3 is 2.55 bits per heavy atom. The van der Waals surface area contributed by atoms with Crippen molar-refractivity contribution in [3.8, 4) is 6.07 Å². The molecule has 1 heterocycles. The third-order valence-corrected chi connectivity index (χ3v) is 3.22. The van der Waals surface area contributed by atoms with Gasteiger partial charge in [0.05, 0.1) is 5.69 Å². The summed E-state index contributed by atoms with van der Waals surface area (Å²) in [6.45, 7) is 9.92. The van der Waals surface area contributed by atoms with Gasteiger partial charge in [-0.25, -0.2) is 10.4 Å². The first-order chi connectivity index (χ1) is 9.22. The van der Waals surface area contributed by atoms with Crippen LogP contribution in [-0.2, 0) is 13.5 Å². The van der Waals surface area contributed by atoms with E-state index in [-0.39, 0.29) is 16.5 Å². The monoisotopic (exact) mass is 275 g/mol. The second-order valence-electron chi connectivity index (χ2n) is 5.65. The number of hydrogen-bond acceptors (Lipinski definition) is 5. The molecule has 0 fully saturated rings. The van der Waals surface area contributed by atoms with Crippen molar-refractivity contribution in [3.63, 3.8) is 0 Å². The molecule has 0 aliphatic carbocycles. The Morgan fingerprint density at radius 2 is 2.10 bits per heavy atom. The average Bonchev–Trinajstić information content (AvgIpc) is 2.38. The zero-order valence-electron chi connectivity index (χ0n) is 12.9. The van der Waals surface area contributed by atoms with E-state index in [9.17, 15) is 4.79 Å². The van der Waals surface area contributed by atoms with Crippen molar-refractivity contribution in [2.24, 2.45) is 17.6 Å². The first-order valence-corrected chi connectivity index (χ1v) is 6.53. The van der Waals surface area contributed by atoms with Gasteiger partial charge in [0.1, 0.15) is 11.6 Å². The van der Waals surface area contributed by atoms with Gasteiger partial charge in [-0.3, -0.25) is 9.36 Å². The maximum absolute atomic E-state index is 12.1. The van der Waals surface area contributed by atoms with E-state index in [2.05, 4.69) is 36.3 Å². The molecule has 1 aromatic rings. The highest BCUT2D eigenvalue weighted by Crippen LogP contribution is 2.16. The van der Waals surface area contributed by atoms with Crippen molar-refractivity contribution < 1.29 is 0 Å². The van der Waals surface area contributed by atoms with E-state index < -0.39 is 0 Å². The third-order valence-electron chi connectivity index (χ3n) is 3.22. The van der Waals surface area contributed by atoms with Crippen molar-refractivity contribution in [2.45, 2.75) is 41.0 Å². The summed E-state index contributed by atoms with van der Waals surface area (Å²) in [5.74, 6) is 0.342. The summed E-state index contributed by atoms with van der Waals surface area (Å²) >= 11 is 0. The number of aromatic nitrogens is 2. The van der Waals surface area contributed by atoms with Gasteiger partial charge in [-0.1, -0.05) is 27.7 Å². The fourth-order valence-electron chi connectivity index (χ4n) is 1.42. The third kappa shape index (κ3) is 3.23. The number of nitriles is 1. The van der Waals surface area contributed by atoms with Crippen LogP contribution in [0.3, 0.4) is 0 Å². The maximum atomic E-state index is 12.1. The molecule has 0 unspecified atom stereocenters. The summed E-state index contributed by atoms with van der Waals surface area (Å²) < 4.78 is 1.30. The van der Waals surface area contributed by atoms with Crippen LogP contribution >= 0.6 is 0 Å². The zero-order chi connectivity index (χ0) is 15.5. The van der Waals surface area contributed by atoms with Crippen molar-refractivity contribution >= 4 is 11.7 Å². The predicted octanol–water partition coefficient (Wildman–Crippen LogP) is 2.05. The Labute approximate surface area is 119 Å². The van der Waals surface area contributed by atoms with Crippen LogP contribution in [0, 0.1) is 16.7 Å². The van der Waals surface area contributed by atoms with Crippen molar-refractivity contribution in [3.05, 3.63) is 21.6 Å². The molecule has 0 spiro atoms. The number of nitrogens with zero attached hydrogens (tertiary/aromatic N) is 4. The first kappa shape index (κ1) is 15.9. The molecule has 0 atom stereocenters. The number of hydrogen-bond donors (Lipinski definition) is 1. The van der Waals surface area contributed by atoms with Gasteiger partial charge in [0.2, 0.25) is 5.95 Å². The van der Waals surface area contributed by atoms with Crippen LogP contribution < -0.4 is 11.0 Å². The normalized spacial score (nSPS) is 12.2. The van der Waals surface area contributed by atoms with Crippen molar-refractivity contribution in [1.82, 2.24) is 9.55 Å². The van der Waals surface area contributed by atoms with Gasteiger partial charge in [0.25, 0.3) is 5.56 Å². The fraction of sp³-hybridized carbons (Fsp3) is 0.571. The molecule has 1 N–H and O–H groups in total. The molecule has 0 saturated heterocycles. The van der Waals surface area contributed by atoms with Gasteiger partial charge in [0.15, 0.2) is 0 Å². The van der Waals surface area contributed by atoms with Crippen LogP contribution in [0.4, 0.5) is 5.95 Å². The van der Waals surface area contributed by atoms with E-state index >= 15 is 0 Å². The van der Waals surface area contributed by atoms with E-state index in [0.29, 0.717) is 18.1 Å². The Morgan fingerprint density at radius 1 is 1.50 bits per heavy atom. The summed E-state index contributed by atoms with van der Waals surface area (Å²) in [6, 6.07) is 1.91. The minimum atomic E-state index is -0.356. The van der Waals surface area contributed by atoms with Crippen LogP contribution in [0.1, 0.15) is 45.9 Å². The first-order valence-electron chi connectivity index (χ1n) is 6.53. The molecule has 0 amide bonds. The van der Waals surface area contributed by atoms with E-state index in [1.54, 1.807) is 7.05 Å². The molecule has 0 bridgehead atoms. The van der Waals surface area contributed by atoms with Gasteiger partial charge < -0.3 is 0 Å². The molecule has 0 radical (unpaired) electrons. The molecule has 0 aliphatic rings. The Kier molecular flexibility index (Phi) is 4.66. The predicted molar refractivity (Wildman–Crippen MR) is 79.8 cm³/mol. The molecule has 6 heteroatoms. The largest absolute Gasteiger partial charge is 0.279 e. The van der Waals surface area contributed by atoms with Crippen molar-refractivity contribution in [2.75, 3.05) is 5.43 Å². The summed E-state index contributed by atoms with van der Waals surface area (Å²) in [4.78, 5) is 16.4. The number of nitrogens with one attached hydrogen (secondary N) is 1. The Bertz CT molecular complexity index is 629. The number of rotatable bonds is 3. The van der Waals surface area contributed by atoms with E-state index in [0.717, 1.165) is 5.71 Å². The summed E-state index contributed by atoms with van der Waals surface area (Å²) in [5.41, 5.74) is 3.88. The molecule has 108 valence electrons. The summed E-state index contributed by atoms with van der Waals surface area (Å²) in [7, 11) is 1.57. The van der Waals surface area contributed by atoms with E-state index in [1.807, 2.05) is 19.9 Å². The SMILES string of the molecule is CCc1nc(N/N=C(/C)C(C)(C)C)n(C)c(=O)c1C#N. The van der Waals surface area contributed by atoms with E-state index in [4.69, 9.17) is 5.26 Å². The molecular formula is C14H21N5O. The fourth-order valence-corrected chi connectivity index (χ4v) is 1.42. The van der Waals surface area contributed by atoms with Crippen molar-refractivity contribution in [1.29, 1.82) is 5.26 Å². The van der Waals surface area contributed by atoms with Crippen LogP contribution in [0.5, 0.6) is 0 Å². The standard InChI is InChI=1S/C14H21N5O/c1-7-11-10(8-15)12(20)19(6)13(16-11)18-17-9(2)14(3,4)5/h7H2,1-6H3,(H,16,18)/b17-9-. The molecule has 6 nitrogen and oxygen atoms in total. The molecule has 1 aromatic heterocycles. The highest BCUT2D eigenvalue weighted by molar-refractivity contribution is 5.87. The lowest BCUT2D eigenvalue weighted by atomic mass is 9.91. The number of hydrazone groups is 1. The lowest BCUT2D eigenvalue weighted by molar-refractivity contribution is 0.586. The zero-order valence-corrected chi connectivity index (χ0v) is 12.9. The lowest BCUT2D eigenvalue weighted by Gasteiger charge is -2.18. The van der Waals surface area contributed by atoms with Gasteiger partial charge in [-0.15, -0.1) is 0 Å². The molecular weight excluding hydrogens is 254 g/mol. The minimum absolute atomic E-state index is 0.0634. The molecule has 20 heavy (non-hydrogen) atoms. The summed E-state index contributed by atoms with van der Waals surface area (Å²) in [5, 5.41) is 13.3. The van der Waals surface area contributed by atoms with Crippen LogP contribution in [-0.4, -0.2) is 15.3 Å². The summed E-state index contributed by atoms with van der Waals surface area (Å²) in [6.07, 6.45) is 0.523. The highest BCUT2D eigenvalue weighted by Gasteiger charge is 2.16. The quantitative estimate of drug-likeness (QED) is 0.676. The van der Waals surface area contributed by atoms with Crippen LogP contribution in [0.2, 0.25) is 0 Å². The Hall–Kier alpha value is -2.16. The second kappa shape index (κ2) is 5.87. The topological polar surface area (TPSA) is 83.1 Å². The highest BCUT2D eigenvalue weighted by atomic mass is 16.1. The molecule has 0 saturated carbocycles. The second-order valence-corrected chi connectivity index (χ2v) is 5.65. The van der Waals surface area contributed by atoms with Crippen LogP contribution in [0.25, 0.3) is 0 Å². The van der Waals surface area contributed by atoms with Gasteiger partial charge in [0, 0.05) is 18.2 Å². The average molecular weight is 275 g/mol. The number of aryl methyl sites for hydroxylation is 1. The molecule has 0 aromatic carbocycles. The van der Waals surface area contributed by atoms with Crippen LogP contribution in [0.15, 0.2) is 9.90 Å². The molecule has 1 rings (SSSR count). The minimum Gasteiger partial charge on any atom is -0.279 e. The Balaban J connectivity index is 3.26. The number of anilines is 1. The van der Waals surface area contributed by atoms with Gasteiger partial charge in [-0.05, 0) is 13.3 Å². The van der Waals surface area contributed by atoms with E-state index in [1.165, 1.54) is 4.57 Å². The smallest absolute Gasteiger partial charge is 0.272 e.